The van der Waals surface area contributed by atoms with Gasteiger partial charge in [0.1, 0.15) is 11.5 Å². The van der Waals surface area contributed by atoms with Gasteiger partial charge < -0.3 is 9.84 Å². The molecule has 0 radical (unpaired) electrons. The number of carbonyl (C=O) groups excluding carboxylic acids is 1. The zero-order chi connectivity index (χ0) is 17.6. The van der Waals surface area contributed by atoms with E-state index in [1.807, 2.05) is 16.8 Å². The largest absolute Gasteiger partial charge is 0.339 e. The molecule has 3 aromatic heterocycles. The molecule has 0 spiro atoms. The summed E-state index contributed by atoms with van der Waals surface area (Å²) in [5, 5.41) is 11.0. The fourth-order valence-electron chi connectivity index (χ4n) is 2.32. The number of nitrogens with one attached hydrogen (secondary N) is 1. The van der Waals surface area contributed by atoms with Crippen LogP contribution in [0.1, 0.15) is 38.6 Å². The number of hydrogen-bond acceptors (Lipinski definition) is 6. The van der Waals surface area contributed by atoms with Gasteiger partial charge in [-0.3, -0.25) is 9.78 Å². The Morgan fingerprint density at radius 1 is 1.32 bits per heavy atom. The Labute approximate surface area is 145 Å². The number of carbonyl (C=O) groups is 1. The highest BCUT2D eigenvalue weighted by Crippen LogP contribution is 2.17. The van der Waals surface area contributed by atoms with E-state index in [4.69, 9.17) is 4.52 Å². The van der Waals surface area contributed by atoms with Crippen LogP contribution >= 0.6 is 0 Å². The van der Waals surface area contributed by atoms with Crippen molar-refractivity contribution >= 4 is 11.7 Å². The average molecular weight is 340 g/mol. The summed E-state index contributed by atoms with van der Waals surface area (Å²) < 4.78 is 6.99. The Hall–Kier alpha value is -3.03. The molecule has 130 valence electrons. The van der Waals surface area contributed by atoms with E-state index < -0.39 is 0 Å². The van der Waals surface area contributed by atoms with Gasteiger partial charge in [-0.05, 0) is 25.5 Å². The lowest BCUT2D eigenvalue weighted by Gasteiger charge is -2.13. The minimum absolute atomic E-state index is 0.123. The van der Waals surface area contributed by atoms with Gasteiger partial charge in [0.2, 0.25) is 17.6 Å². The molecule has 8 heteroatoms. The zero-order valence-corrected chi connectivity index (χ0v) is 14.2. The first kappa shape index (κ1) is 16.8. The number of hydrogen-bond donors (Lipinski definition) is 1. The highest BCUT2D eigenvalue weighted by molar-refractivity contribution is 5.89. The lowest BCUT2D eigenvalue weighted by molar-refractivity contribution is -0.116. The van der Waals surface area contributed by atoms with E-state index >= 15 is 0 Å². The third-order valence-electron chi connectivity index (χ3n) is 3.87. The molecule has 0 fully saturated rings. The summed E-state index contributed by atoms with van der Waals surface area (Å²) in [5.41, 5.74) is 0.638. The topological polar surface area (TPSA) is 98.7 Å². The van der Waals surface area contributed by atoms with Crippen molar-refractivity contribution in [1.29, 1.82) is 0 Å². The van der Waals surface area contributed by atoms with Crippen LogP contribution in [0.3, 0.4) is 0 Å². The molecular formula is C17H20N6O2. The van der Waals surface area contributed by atoms with Gasteiger partial charge in [-0.1, -0.05) is 18.1 Å². The molecule has 0 aromatic carbocycles. The molecule has 8 nitrogen and oxygen atoms in total. The molecule has 0 saturated heterocycles. The maximum atomic E-state index is 12.2. The molecular weight excluding hydrogens is 320 g/mol. The lowest BCUT2D eigenvalue weighted by atomic mass is 10.2. The number of aryl methyl sites for hydroxylation is 1. The van der Waals surface area contributed by atoms with Crippen LogP contribution in [-0.4, -0.2) is 30.8 Å². The lowest BCUT2D eigenvalue weighted by Crippen LogP contribution is -2.17. The Bertz CT molecular complexity index is 827. The van der Waals surface area contributed by atoms with E-state index in [1.165, 1.54) is 0 Å². The molecule has 0 aliphatic rings. The van der Waals surface area contributed by atoms with Gasteiger partial charge in [-0.15, -0.1) is 0 Å². The van der Waals surface area contributed by atoms with Crippen molar-refractivity contribution in [3.05, 3.63) is 42.5 Å². The van der Waals surface area contributed by atoms with Crippen LogP contribution in [0.5, 0.6) is 0 Å². The summed E-state index contributed by atoms with van der Waals surface area (Å²) in [6, 6.07) is 7.49. The van der Waals surface area contributed by atoms with Gasteiger partial charge in [-0.25, -0.2) is 4.68 Å². The van der Waals surface area contributed by atoms with Crippen molar-refractivity contribution in [2.24, 2.45) is 0 Å². The van der Waals surface area contributed by atoms with E-state index in [2.05, 4.69) is 39.4 Å². The van der Waals surface area contributed by atoms with Crippen LogP contribution in [-0.2, 0) is 11.2 Å². The molecule has 0 aliphatic carbocycles. The third kappa shape index (κ3) is 4.09. The maximum absolute atomic E-state index is 12.2. The van der Waals surface area contributed by atoms with Crippen molar-refractivity contribution < 1.29 is 9.32 Å². The van der Waals surface area contributed by atoms with Crippen LogP contribution < -0.4 is 5.32 Å². The molecule has 0 saturated carbocycles. The molecule has 1 unspecified atom stereocenters. The molecule has 3 rings (SSSR count). The van der Waals surface area contributed by atoms with E-state index in [0.29, 0.717) is 29.6 Å². The number of rotatable bonds is 7. The minimum Gasteiger partial charge on any atom is -0.339 e. The van der Waals surface area contributed by atoms with Crippen LogP contribution in [0.15, 0.2) is 41.2 Å². The molecule has 0 aliphatic heterocycles. The van der Waals surface area contributed by atoms with E-state index in [1.54, 1.807) is 24.5 Å². The SMILES string of the molecule is CCC(C)n1nccc1NC(=O)CCc1nc(-c2ccccn2)no1. The van der Waals surface area contributed by atoms with Crippen LogP contribution in [0, 0.1) is 0 Å². The first-order chi connectivity index (χ1) is 12.2. The molecule has 0 bridgehead atoms. The second kappa shape index (κ2) is 7.69. The third-order valence-corrected chi connectivity index (χ3v) is 3.87. The number of aromatic nitrogens is 5. The monoisotopic (exact) mass is 340 g/mol. The van der Waals surface area contributed by atoms with Gasteiger partial charge in [0.25, 0.3) is 0 Å². The van der Waals surface area contributed by atoms with Crippen molar-refractivity contribution in [2.75, 3.05) is 5.32 Å². The van der Waals surface area contributed by atoms with Gasteiger partial charge >= 0.3 is 0 Å². The van der Waals surface area contributed by atoms with Crippen LogP contribution in [0.2, 0.25) is 0 Å². The Morgan fingerprint density at radius 2 is 2.20 bits per heavy atom. The van der Waals surface area contributed by atoms with Gasteiger partial charge in [0, 0.05) is 25.1 Å². The Morgan fingerprint density at radius 3 is 2.96 bits per heavy atom. The van der Waals surface area contributed by atoms with Crippen molar-refractivity contribution in [3.8, 4) is 11.5 Å². The fraction of sp³-hybridized carbons (Fsp3) is 0.353. The second-order valence-corrected chi connectivity index (χ2v) is 5.69. The summed E-state index contributed by atoms with van der Waals surface area (Å²) >= 11 is 0. The summed E-state index contributed by atoms with van der Waals surface area (Å²) in [6.07, 6.45) is 4.89. The standard InChI is InChI=1S/C17H20N6O2/c1-3-12(2)23-14(9-11-19-23)20-15(24)7-8-16-21-17(22-25-16)13-6-4-5-10-18-13/h4-6,9-12H,3,7-8H2,1-2H3,(H,20,24). The van der Waals surface area contributed by atoms with Crippen LogP contribution in [0.25, 0.3) is 11.5 Å². The number of anilines is 1. The van der Waals surface area contributed by atoms with E-state index in [0.717, 1.165) is 6.42 Å². The summed E-state index contributed by atoms with van der Waals surface area (Å²) in [7, 11) is 0. The fourth-order valence-corrected chi connectivity index (χ4v) is 2.32. The molecule has 3 heterocycles. The van der Waals surface area contributed by atoms with Crippen LogP contribution in [0.4, 0.5) is 5.82 Å². The first-order valence-corrected chi connectivity index (χ1v) is 8.24. The molecule has 1 amide bonds. The Balaban J connectivity index is 1.57. The minimum atomic E-state index is -0.123. The van der Waals surface area contributed by atoms with Gasteiger partial charge in [-0.2, -0.15) is 10.1 Å². The highest BCUT2D eigenvalue weighted by atomic mass is 16.5. The van der Waals surface area contributed by atoms with E-state index in [9.17, 15) is 4.79 Å². The Kier molecular flexibility index (Phi) is 5.17. The number of nitrogens with zero attached hydrogens (tertiary/aromatic N) is 5. The van der Waals surface area contributed by atoms with Crippen molar-refractivity contribution in [3.63, 3.8) is 0 Å². The summed E-state index contributed by atoms with van der Waals surface area (Å²) in [6.45, 7) is 4.13. The quantitative estimate of drug-likeness (QED) is 0.710. The number of amides is 1. The predicted molar refractivity (Wildman–Crippen MR) is 91.7 cm³/mol. The highest BCUT2D eigenvalue weighted by Gasteiger charge is 2.14. The second-order valence-electron chi connectivity index (χ2n) is 5.69. The van der Waals surface area contributed by atoms with E-state index in [-0.39, 0.29) is 18.4 Å². The predicted octanol–water partition coefficient (Wildman–Crippen LogP) is 2.87. The molecule has 25 heavy (non-hydrogen) atoms. The summed E-state index contributed by atoms with van der Waals surface area (Å²) in [5.74, 6) is 1.40. The molecule has 1 N–H and O–H groups in total. The molecule has 3 aromatic rings. The zero-order valence-electron chi connectivity index (χ0n) is 14.2. The molecule has 1 atom stereocenters. The normalized spacial score (nSPS) is 12.1. The smallest absolute Gasteiger partial charge is 0.227 e. The van der Waals surface area contributed by atoms with Gasteiger partial charge in [0.05, 0.1) is 12.2 Å². The van der Waals surface area contributed by atoms with Gasteiger partial charge in [0.15, 0.2) is 0 Å². The average Bonchev–Trinajstić information content (AvgIpc) is 3.29. The van der Waals surface area contributed by atoms with Crippen molar-refractivity contribution in [2.45, 2.75) is 39.2 Å². The number of pyridine rings is 1. The summed E-state index contributed by atoms with van der Waals surface area (Å²) in [4.78, 5) is 20.6. The van der Waals surface area contributed by atoms with Crippen molar-refractivity contribution in [1.82, 2.24) is 24.9 Å². The maximum Gasteiger partial charge on any atom is 0.227 e. The first-order valence-electron chi connectivity index (χ1n) is 8.24.